The molecule has 0 spiro atoms. The van der Waals surface area contributed by atoms with Crippen molar-refractivity contribution in [3.8, 4) is 5.75 Å². The van der Waals surface area contributed by atoms with E-state index in [2.05, 4.69) is 4.99 Å². The maximum absolute atomic E-state index is 12.4. The summed E-state index contributed by atoms with van der Waals surface area (Å²) in [6.45, 7) is 2.25. The standard InChI is InChI=1S/C27H27NO4/c1-20(17-26(29)23-11-7-4-8-12-23)28-25(27(30)31-2)18-21-13-15-24(16-14-21)32-19-22-9-5-3-6-10-22/h3-16,25H,17-19H2,1-2H3/t25-/m0/s1. The molecule has 0 N–H and O–H groups in total. The van der Waals surface area contributed by atoms with E-state index >= 15 is 0 Å². The number of rotatable bonds is 10. The molecule has 0 saturated heterocycles. The number of ketones is 1. The van der Waals surface area contributed by atoms with E-state index in [1.54, 1.807) is 19.1 Å². The third kappa shape index (κ3) is 6.91. The Morgan fingerprint density at radius 3 is 2.09 bits per heavy atom. The number of carbonyl (C=O) groups excluding carboxylic acids is 2. The highest BCUT2D eigenvalue weighted by atomic mass is 16.5. The van der Waals surface area contributed by atoms with Gasteiger partial charge in [0.05, 0.1) is 7.11 Å². The monoisotopic (exact) mass is 429 g/mol. The van der Waals surface area contributed by atoms with E-state index in [0.29, 0.717) is 24.3 Å². The molecule has 5 heteroatoms. The summed E-state index contributed by atoms with van der Waals surface area (Å²) in [6.07, 6.45) is 0.534. The van der Waals surface area contributed by atoms with E-state index in [1.807, 2.05) is 72.8 Å². The van der Waals surface area contributed by atoms with Crippen molar-refractivity contribution in [1.82, 2.24) is 0 Å². The van der Waals surface area contributed by atoms with Crippen molar-refractivity contribution in [1.29, 1.82) is 0 Å². The molecule has 0 unspecified atom stereocenters. The fourth-order valence-corrected chi connectivity index (χ4v) is 3.27. The number of carbonyl (C=O) groups is 2. The Morgan fingerprint density at radius 2 is 1.47 bits per heavy atom. The van der Waals surface area contributed by atoms with Crippen molar-refractivity contribution < 1.29 is 19.1 Å². The highest BCUT2D eigenvalue weighted by molar-refractivity contribution is 6.09. The van der Waals surface area contributed by atoms with Gasteiger partial charge in [-0.05, 0) is 30.2 Å². The molecule has 5 nitrogen and oxygen atoms in total. The van der Waals surface area contributed by atoms with Gasteiger partial charge in [0.2, 0.25) is 0 Å². The Bertz CT molecular complexity index is 1040. The molecule has 3 rings (SSSR count). The summed E-state index contributed by atoms with van der Waals surface area (Å²) < 4.78 is 10.7. The summed E-state index contributed by atoms with van der Waals surface area (Å²) in [6, 6.07) is 25.9. The van der Waals surface area contributed by atoms with Gasteiger partial charge in [-0.15, -0.1) is 0 Å². The van der Waals surface area contributed by atoms with Gasteiger partial charge in [-0.2, -0.15) is 0 Å². The molecule has 164 valence electrons. The number of hydrogen-bond acceptors (Lipinski definition) is 5. The third-order valence-corrected chi connectivity index (χ3v) is 4.96. The molecule has 0 bridgehead atoms. The first kappa shape index (κ1) is 22.9. The van der Waals surface area contributed by atoms with Gasteiger partial charge in [0.25, 0.3) is 0 Å². The first-order valence-corrected chi connectivity index (χ1v) is 10.5. The van der Waals surface area contributed by atoms with Gasteiger partial charge in [0.1, 0.15) is 12.4 Å². The van der Waals surface area contributed by atoms with Crippen molar-refractivity contribution in [3.05, 3.63) is 102 Å². The second kappa shape index (κ2) is 11.6. The Morgan fingerprint density at radius 1 is 0.844 bits per heavy atom. The van der Waals surface area contributed by atoms with Crippen molar-refractivity contribution in [2.24, 2.45) is 4.99 Å². The van der Waals surface area contributed by atoms with Crippen LogP contribution in [-0.2, 0) is 22.6 Å². The molecule has 0 aliphatic heterocycles. The second-order valence-corrected chi connectivity index (χ2v) is 7.49. The fraction of sp³-hybridized carbons (Fsp3) is 0.222. The molecule has 0 aliphatic rings. The van der Waals surface area contributed by atoms with Gasteiger partial charge < -0.3 is 9.47 Å². The van der Waals surface area contributed by atoms with Crippen molar-refractivity contribution in [2.75, 3.05) is 7.11 Å². The minimum absolute atomic E-state index is 0.0321. The fourth-order valence-electron chi connectivity index (χ4n) is 3.27. The highest BCUT2D eigenvalue weighted by Crippen LogP contribution is 2.17. The molecule has 0 saturated carbocycles. The second-order valence-electron chi connectivity index (χ2n) is 7.49. The Hall–Kier alpha value is -3.73. The predicted molar refractivity (Wildman–Crippen MR) is 125 cm³/mol. The van der Waals surface area contributed by atoms with Crippen LogP contribution in [0.25, 0.3) is 0 Å². The number of hydrogen-bond donors (Lipinski definition) is 0. The Balaban J connectivity index is 1.62. The molecule has 3 aromatic rings. The maximum Gasteiger partial charge on any atom is 0.330 e. The van der Waals surface area contributed by atoms with E-state index < -0.39 is 12.0 Å². The van der Waals surface area contributed by atoms with Gasteiger partial charge in [-0.25, -0.2) is 4.79 Å². The molecule has 0 radical (unpaired) electrons. The molecular formula is C27H27NO4. The Labute approximate surface area is 188 Å². The van der Waals surface area contributed by atoms with E-state index in [9.17, 15) is 9.59 Å². The molecule has 0 heterocycles. The van der Waals surface area contributed by atoms with Gasteiger partial charge in [0, 0.05) is 24.1 Å². The number of benzene rings is 3. The smallest absolute Gasteiger partial charge is 0.330 e. The van der Waals surface area contributed by atoms with Crippen LogP contribution in [0, 0.1) is 0 Å². The lowest BCUT2D eigenvalue weighted by atomic mass is 10.0. The van der Waals surface area contributed by atoms with E-state index in [-0.39, 0.29) is 12.2 Å². The molecule has 0 fully saturated rings. The average Bonchev–Trinajstić information content (AvgIpc) is 2.83. The van der Waals surface area contributed by atoms with Crippen LogP contribution in [0.3, 0.4) is 0 Å². The van der Waals surface area contributed by atoms with Crippen LogP contribution in [0.2, 0.25) is 0 Å². The average molecular weight is 430 g/mol. The van der Waals surface area contributed by atoms with Crippen LogP contribution >= 0.6 is 0 Å². The van der Waals surface area contributed by atoms with Gasteiger partial charge >= 0.3 is 5.97 Å². The minimum atomic E-state index is -0.709. The van der Waals surface area contributed by atoms with Crippen LogP contribution in [0.15, 0.2) is 89.9 Å². The summed E-state index contributed by atoms with van der Waals surface area (Å²) in [5.41, 5.74) is 3.25. The quantitative estimate of drug-likeness (QED) is 0.256. The lowest BCUT2D eigenvalue weighted by Crippen LogP contribution is -2.24. The lowest BCUT2D eigenvalue weighted by Gasteiger charge is -2.13. The Kier molecular flexibility index (Phi) is 8.32. The number of nitrogens with zero attached hydrogens (tertiary/aromatic N) is 1. The molecule has 0 aromatic heterocycles. The first-order valence-electron chi connectivity index (χ1n) is 10.5. The maximum atomic E-state index is 12.4. The number of esters is 1. The van der Waals surface area contributed by atoms with Crippen LogP contribution in [0.4, 0.5) is 0 Å². The van der Waals surface area contributed by atoms with E-state index in [4.69, 9.17) is 9.47 Å². The van der Waals surface area contributed by atoms with Crippen LogP contribution in [0.1, 0.15) is 34.8 Å². The lowest BCUT2D eigenvalue weighted by molar-refractivity contribution is -0.142. The summed E-state index contributed by atoms with van der Waals surface area (Å²) in [7, 11) is 1.34. The predicted octanol–water partition coefficient (Wildman–Crippen LogP) is 5.08. The molecule has 32 heavy (non-hydrogen) atoms. The largest absolute Gasteiger partial charge is 0.489 e. The van der Waals surface area contributed by atoms with Gasteiger partial charge in [-0.1, -0.05) is 72.8 Å². The van der Waals surface area contributed by atoms with Crippen LogP contribution in [0.5, 0.6) is 5.75 Å². The third-order valence-electron chi connectivity index (χ3n) is 4.96. The first-order chi connectivity index (χ1) is 15.5. The highest BCUT2D eigenvalue weighted by Gasteiger charge is 2.20. The van der Waals surface area contributed by atoms with Crippen LogP contribution < -0.4 is 4.74 Å². The zero-order valence-corrected chi connectivity index (χ0v) is 18.4. The van der Waals surface area contributed by atoms with Crippen molar-refractivity contribution in [2.45, 2.75) is 32.4 Å². The van der Waals surface area contributed by atoms with E-state index in [1.165, 1.54) is 7.11 Å². The molecule has 1 atom stereocenters. The topological polar surface area (TPSA) is 65.0 Å². The zero-order chi connectivity index (χ0) is 22.8. The van der Waals surface area contributed by atoms with Crippen LogP contribution in [-0.4, -0.2) is 30.6 Å². The number of aliphatic imine (C=N–C) groups is 1. The normalized spacial score (nSPS) is 12.1. The summed E-state index contributed by atoms with van der Waals surface area (Å²) >= 11 is 0. The van der Waals surface area contributed by atoms with Crippen molar-refractivity contribution >= 4 is 17.5 Å². The molecule has 0 amide bonds. The summed E-state index contributed by atoms with van der Waals surface area (Å²) in [4.78, 5) is 29.2. The molecule has 0 aliphatic carbocycles. The number of Topliss-reactive ketones (excluding diaryl/α,β-unsaturated/α-hetero) is 1. The van der Waals surface area contributed by atoms with Crippen molar-refractivity contribution in [3.63, 3.8) is 0 Å². The zero-order valence-electron chi connectivity index (χ0n) is 18.4. The van der Waals surface area contributed by atoms with Gasteiger partial charge in [-0.3, -0.25) is 9.79 Å². The summed E-state index contributed by atoms with van der Waals surface area (Å²) in [5.74, 6) is 0.289. The minimum Gasteiger partial charge on any atom is -0.489 e. The summed E-state index contributed by atoms with van der Waals surface area (Å²) in [5, 5.41) is 0. The van der Waals surface area contributed by atoms with Gasteiger partial charge in [0.15, 0.2) is 11.8 Å². The van der Waals surface area contributed by atoms with E-state index in [0.717, 1.165) is 16.9 Å². The number of ether oxygens (including phenoxy) is 2. The SMILES string of the molecule is COC(=O)[C@H](Cc1ccc(OCc2ccccc2)cc1)N=C(C)CC(=O)c1ccccc1. The number of methoxy groups -OCH3 is 1. The molecular weight excluding hydrogens is 402 g/mol. The molecule has 3 aromatic carbocycles.